The van der Waals surface area contributed by atoms with Gasteiger partial charge in [-0.3, -0.25) is 0 Å². The molecule has 0 radical (unpaired) electrons. The van der Waals surface area contributed by atoms with E-state index in [2.05, 4.69) is 4.18 Å². The average molecular weight is 176 g/mol. The second-order valence-corrected chi connectivity index (χ2v) is 3.81. The van der Waals surface area contributed by atoms with E-state index in [-0.39, 0.29) is 6.92 Å². The van der Waals surface area contributed by atoms with Gasteiger partial charge in [0.2, 0.25) is 0 Å². The van der Waals surface area contributed by atoms with Gasteiger partial charge in [-0.1, -0.05) is 0 Å². The van der Waals surface area contributed by atoms with E-state index < -0.39 is 21.2 Å². The lowest BCUT2D eigenvalue weighted by atomic mass is 10.4. The van der Waals surface area contributed by atoms with Gasteiger partial charge in [-0.2, -0.15) is 21.4 Å². The third-order valence-electron chi connectivity index (χ3n) is 1.20. The topological polar surface area (TPSA) is 43.4 Å². The highest BCUT2D eigenvalue weighted by Gasteiger charge is 2.75. The van der Waals surface area contributed by atoms with Crippen molar-refractivity contribution in [2.45, 2.75) is 18.0 Å². The number of hydrogen-bond acceptors (Lipinski definition) is 3. The fourth-order valence-corrected chi connectivity index (χ4v) is 1.21. The van der Waals surface area contributed by atoms with Gasteiger partial charge in [0.15, 0.2) is 0 Å². The van der Waals surface area contributed by atoms with Crippen molar-refractivity contribution in [1.82, 2.24) is 0 Å². The Balaban J connectivity index is 3.08. The monoisotopic (exact) mass is 176 g/mol. The van der Waals surface area contributed by atoms with Gasteiger partial charge in [0.1, 0.15) is 0 Å². The molecule has 3 nitrogen and oxygen atoms in total. The van der Waals surface area contributed by atoms with Crippen LogP contribution in [0.4, 0.5) is 13.2 Å². The molecule has 1 aliphatic heterocycles. The van der Waals surface area contributed by atoms with Crippen LogP contribution in [0, 0.1) is 0 Å². The van der Waals surface area contributed by atoms with Crippen molar-refractivity contribution in [2.75, 3.05) is 0 Å². The quantitative estimate of drug-likeness (QED) is 0.508. The van der Waals surface area contributed by atoms with Crippen molar-refractivity contribution in [1.29, 1.82) is 0 Å². The van der Waals surface area contributed by atoms with E-state index in [0.717, 1.165) is 0 Å². The van der Waals surface area contributed by atoms with Crippen molar-refractivity contribution < 1.29 is 25.8 Å². The number of rotatable bonds is 0. The zero-order valence-electron chi connectivity index (χ0n) is 4.77. The summed E-state index contributed by atoms with van der Waals surface area (Å²) < 4.78 is 59.1. The van der Waals surface area contributed by atoms with Crippen LogP contribution in [0.5, 0.6) is 0 Å². The Labute approximate surface area is 54.9 Å². The molecule has 0 aromatic heterocycles. The summed E-state index contributed by atoms with van der Waals surface area (Å²) in [6, 6.07) is 0. The second-order valence-electron chi connectivity index (χ2n) is 1.97. The maximum absolute atomic E-state index is 12.3. The Morgan fingerprint density at radius 2 is 1.70 bits per heavy atom. The third kappa shape index (κ3) is 0.615. The first-order valence-corrected chi connectivity index (χ1v) is 3.63. The summed E-state index contributed by atoms with van der Waals surface area (Å²) in [4.78, 5) is 0. The van der Waals surface area contributed by atoms with Crippen LogP contribution in [0.1, 0.15) is 6.92 Å². The largest absolute Gasteiger partial charge is 0.420 e. The van der Waals surface area contributed by atoms with Crippen molar-refractivity contribution in [3.8, 4) is 0 Å². The second kappa shape index (κ2) is 1.48. The zero-order chi connectivity index (χ0) is 8.21. The molecule has 0 spiro atoms. The first-order valence-electron chi connectivity index (χ1n) is 2.23. The molecule has 1 aliphatic rings. The van der Waals surface area contributed by atoms with Crippen LogP contribution in [0.25, 0.3) is 0 Å². The molecule has 0 bridgehead atoms. The lowest BCUT2D eigenvalue weighted by Crippen LogP contribution is -2.62. The van der Waals surface area contributed by atoms with E-state index in [9.17, 15) is 21.6 Å². The number of alkyl halides is 3. The van der Waals surface area contributed by atoms with Gasteiger partial charge in [-0.25, -0.2) is 4.39 Å². The molecule has 1 heterocycles. The molecule has 0 aromatic carbocycles. The molecule has 1 atom stereocenters. The van der Waals surface area contributed by atoms with Crippen molar-refractivity contribution in [3.63, 3.8) is 0 Å². The van der Waals surface area contributed by atoms with Gasteiger partial charge >= 0.3 is 21.2 Å². The highest BCUT2D eigenvalue weighted by molar-refractivity contribution is 7.89. The maximum Gasteiger partial charge on any atom is 0.420 e. The van der Waals surface area contributed by atoms with Crippen molar-refractivity contribution in [2.24, 2.45) is 0 Å². The SMILES string of the molecule is CC1(F)C(F)(F)OS1(=O)=O. The predicted molar refractivity (Wildman–Crippen MR) is 24.5 cm³/mol. The van der Waals surface area contributed by atoms with E-state index >= 15 is 0 Å². The average Bonchev–Trinajstić information content (AvgIpc) is 1.61. The Morgan fingerprint density at radius 1 is 1.30 bits per heavy atom. The molecule has 1 unspecified atom stereocenters. The third-order valence-corrected chi connectivity index (χ3v) is 2.81. The minimum absolute atomic E-state index is 0.256. The molecule has 0 saturated carbocycles. The van der Waals surface area contributed by atoms with Gasteiger partial charge in [0, 0.05) is 0 Å². The molecule has 1 fully saturated rings. The standard InChI is InChI=1S/C3H3F3O3S/c1-2(4)3(5,6)9-10(2,7)8/h1H3. The zero-order valence-corrected chi connectivity index (χ0v) is 5.58. The first-order chi connectivity index (χ1) is 4.21. The van der Waals surface area contributed by atoms with Crippen LogP contribution in [0.15, 0.2) is 0 Å². The van der Waals surface area contributed by atoms with Gasteiger partial charge in [0.25, 0.3) is 0 Å². The summed E-state index contributed by atoms with van der Waals surface area (Å²) in [6.45, 7) is 0.256. The highest BCUT2D eigenvalue weighted by atomic mass is 32.2. The molecule has 1 saturated heterocycles. The Bertz CT molecular complexity index is 254. The van der Waals surface area contributed by atoms with Crippen LogP contribution < -0.4 is 0 Å². The minimum Gasteiger partial charge on any atom is -0.214 e. The van der Waals surface area contributed by atoms with Gasteiger partial charge in [-0.05, 0) is 6.92 Å². The van der Waals surface area contributed by atoms with Crippen molar-refractivity contribution in [3.05, 3.63) is 0 Å². The molecule has 7 heteroatoms. The first kappa shape index (κ1) is 7.80. The fraction of sp³-hybridized carbons (Fsp3) is 1.00. The maximum atomic E-state index is 12.3. The minimum atomic E-state index is -4.68. The molecule has 0 amide bonds. The van der Waals surface area contributed by atoms with E-state index in [4.69, 9.17) is 0 Å². The normalized spacial score (nSPS) is 42.4. The van der Waals surface area contributed by atoms with Crippen LogP contribution in [-0.4, -0.2) is 19.5 Å². The van der Waals surface area contributed by atoms with Crippen LogP contribution in [0.3, 0.4) is 0 Å². The van der Waals surface area contributed by atoms with Crippen LogP contribution >= 0.6 is 0 Å². The smallest absolute Gasteiger partial charge is 0.214 e. The highest BCUT2D eigenvalue weighted by Crippen LogP contribution is 2.49. The van der Waals surface area contributed by atoms with Gasteiger partial charge in [0.05, 0.1) is 0 Å². The molecular weight excluding hydrogens is 173 g/mol. The van der Waals surface area contributed by atoms with Crippen molar-refractivity contribution >= 4 is 10.1 Å². The Kier molecular flexibility index (Phi) is 1.15. The molecule has 0 aliphatic carbocycles. The predicted octanol–water partition coefficient (Wildman–Crippen LogP) is 0.625. The summed E-state index contributed by atoms with van der Waals surface area (Å²) in [5.41, 5.74) is 0. The van der Waals surface area contributed by atoms with Crippen LogP contribution in [0.2, 0.25) is 0 Å². The Hall–Kier alpha value is -0.300. The fourth-order valence-electron chi connectivity index (χ4n) is 0.402. The molecule has 60 valence electrons. The summed E-state index contributed by atoms with van der Waals surface area (Å²) in [5, 5.41) is -3.57. The summed E-state index contributed by atoms with van der Waals surface area (Å²) in [7, 11) is -4.68. The van der Waals surface area contributed by atoms with E-state index in [1.807, 2.05) is 0 Å². The summed E-state index contributed by atoms with van der Waals surface area (Å²) >= 11 is 0. The van der Waals surface area contributed by atoms with E-state index in [0.29, 0.717) is 0 Å². The molecular formula is C3H3F3O3S. The van der Waals surface area contributed by atoms with Gasteiger partial charge in [-0.15, -0.1) is 0 Å². The molecule has 10 heavy (non-hydrogen) atoms. The summed E-state index contributed by atoms with van der Waals surface area (Å²) in [6.07, 6.45) is -4.20. The van der Waals surface area contributed by atoms with Gasteiger partial charge < -0.3 is 0 Å². The lowest BCUT2D eigenvalue weighted by Gasteiger charge is -2.36. The lowest BCUT2D eigenvalue weighted by molar-refractivity contribution is -0.269. The molecule has 1 rings (SSSR count). The summed E-state index contributed by atoms with van der Waals surface area (Å²) in [5.74, 6) is 0. The van der Waals surface area contributed by atoms with E-state index in [1.54, 1.807) is 0 Å². The number of hydrogen-bond donors (Lipinski definition) is 0. The van der Waals surface area contributed by atoms with E-state index in [1.165, 1.54) is 0 Å². The molecule has 0 aromatic rings. The number of halogens is 3. The molecule has 0 N–H and O–H groups in total. The Morgan fingerprint density at radius 3 is 1.70 bits per heavy atom. The van der Waals surface area contributed by atoms with Crippen LogP contribution in [-0.2, 0) is 14.3 Å².